The summed E-state index contributed by atoms with van der Waals surface area (Å²) in [5, 5.41) is 9.50. The predicted octanol–water partition coefficient (Wildman–Crippen LogP) is 1.16. The molecule has 90 valence electrons. The summed E-state index contributed by atoms with van der Waals surface area (Å²) >= 11 is 0. The SMILES string of the molecule is CC(=O)C1(O[N+](=O)[O-])CC(CC=O)C1(C)C. The number of rotatable bonds is 5. The molecule has 1 fully saturated rings. The molecular weight excluding hydrogens is 214 g/mol. The first-order valence-corrected chi connectivity index (χ1v) is 5.06. The van der Waals surface area contributed by atoms with Gasteiger partial charge in [0.25, 0.3) is 5.09 Å². The number of carbonyl (C=O) groups is 2. The third kappa shape index (κ3) is 1.58. The fraction of sp³-hybridized carbons (Fsp3) is 0.800. The summed E-state index contributed by atoms with van der Waals surface area (Å²) in [7, 11) is 0. The van der Waals surface area contributed by atoms with Crippen LogP contribution in [-0.4, -0.2) is 22.8 Å². The van der Waals surface area contributed by atoms with Crippen molar-refractivity contribution in [3.63, 3.8) is 0 Å². The molecule has 6 heteroatoms. The number of hydrogen-bond acceptors (Lipinski definition) is 5. The maximum atomic E-state index is 11.5. The van der Waals surface area contributed by atoms with Crippen molar-refractivity contribution in [2.24, 2.45) is 11.3 Å². The van der Waals surface area contributed by atoms with Crippen LogP contribution >= 0.6 is 0 Å². The summed E-state index contributed by atoms with van der Waals surface area (Å²) in [6, 6.07) is 0. The van der Waals surface area contributed by atoms with Crippen LogP contribution in [0.15, 0.2) is 0 Å². The van der Waals surface area contributed by atoms with E-state index in [9.17, 15) is 19.7 Å². The smallest absolute Gasteiger partial charge is 0.295 e. The molecule has 0 radical (unpaired) electrons. The summed E-state index contributed by atoms with van der Waals surface area (Å²) in [5.41, 5.74) is -2.07. The molecule has 1 saturated carbocycles. The van der Waals surface area contributed by atoms with Gasteiger partial charge in [0, 0.05) is 11.8 Å². The minimum atomic E-state index is -1.38. The Kier molecular flexibility index (Phi) is 3.03. The predicted molar refractivity (Wildman–Crippen MR) is 54.1 cm³/mol. The maximum absolute atomic E-state index is 11.5. The van der Waals surface area contributed by atoms with E-state index in [1.54, 1.807) is 13.8 Å². The molecule has 1 aliphatic rings. The Morgan fingerprint density at radius 2 is 2.19 bits per heavy atom. The zero-order chi connectivity index (χ0) is 12.6. The Balaban J connectivity index is 2.95. The molecule has 2 atom stereocenters. The molecule has 6 nitrogen and oxygen atoms in total. The third-order valence-corrected chi connectivity index (χ3v) is 3.78. The molecule has 0 bridgehead atoms. The van der Waals surface area contributed by atoms with Crippen LogP contribution in [-0.2, 0) is 14.4 Å². The van der Waals surface area contributed by atoms with Crippen molar-refractivity contribution in [1.29, 1.82) is 0 Å². The highest BCUT2D eigenvalue weighted by Crippen LogP contribution is 2.57. The molecule has 0 aromatic rings. The summed E-state index contributed by atoms with van der Waals surface area (Å²) in [6.45, 7) is 4.72. The largest absolute Gasteiger partial charge is 0.303 e. The average Bonchev–Trinajstić information content (AvgIpc) is 2.14. The lowest BCUT2D eigenvalue weighted by atomic mass is 9.49. The van der Waals surface area contributed by atoms with Gasteiger partial charge in [-0.25, -0.2) is 0 Å². The molecule has 0 spiro atoms. The molecule has 0 aromatic heterocycles. The molecule has 1 rings (SSSR count). The van der Waals surface area contributed by atoms with Crippen molar-refractivity contribution in [2.45, 2.75) is 39.2 Å². The van der Waals surface area contributed by atoms with E-state index in [1.807, 2.05) is 0 Å². The summed E-state index contributed by atoms with van der Waals surface area (Å²) in [6.07, 6.45) is 1.29. The van der Waals surface area contributed by atoms with Crippen LogP contribution in [0.4, 0.5) is 0 Å². The highest BCUT2D eigenvalue weighted by molar-refractivity contribution is 5.87. The first-order chi connectivity index (χ1) is 7.28. The van der Waals surface area contributed by atoms with Crippen LogP contribution in [0.5, 0.6) is 0 Å². The molecule has 0 amide bonds. The molecule has 0 aromatic carbocycles. The van der Waals surface area contributed by atoms with Crippen LogP contribution in [0.25, 0.3) is 0 Å². The van der Waals surface area contributed by atoms with Gasteiger partial charge < -0.3 is 4.79 Å². The van der Waals surface area contributed by atoms with E-state index in [2.05, 4.69) is 4.84 Å². The maximum Gasteiger partial charge on any atom is 0.295 e. The Morgan fingerprint density at radius 3 is 2.50 bits per heavy atom. The Morgan fingerprint density at radius 1 is 1.62 bits per heavy atom. The van der Waals surface area contributed by atoms with E-state index < -0.39 is 16.1 Å². The van der Waals surface area contributed by atoms with Crippen LogP contribution in [0.1, 0.15) is 33.6 Å². The quantitative estimate of drug-likeness (QED) is 0.401. The van der Waals surface area contributed by atoms with Crippen LogP contribution in [0.2, 0.25) is 0 Å². The molecule has 1 aliphatic carbocycles. The minimum Gasteiger partial charge on any atom is -0.303 e. The van der Waals surface area contributed by atoms with Crippen molar-refractivity contribution < 1.29 is 19.5 Å². The van der Waals surface area contributed by atoms with Gasteiger partial charge in [-0.1, -0.05) is 13.8 Å². The fourth-order valence-corrected chi connectivity index (χ4v) is 2.50. The Hall–Kier alpha value is -1.46. The molecule has 0 heterocycles. The molecule has 0 aliphatic heterocycles. The third-order valence-electron chi connectivity index (χ3n) is 3.78. The van der Waals surface area contributed by atoms with E-state index in [0.29, 0.717) is 6.42 Å². The van der Waals surface area contributed by atoms with Gasteiger partial charge in [0.15, 0.2) is 11.4 Å². The number of hydrogen-bond donors (Lipinski definition) is 0. The molecule has 0 N–H and O–H groups in total. The van der Waals surface area contributed by atoms with Crippen molar-refractivity contribution in [2.75, 3.05) is 0 Å². The second-order valence-electron chi connectivity index (χ2n) is 4.72. The summed E-state index contributed by atoms with van der Waals surface area (Å²) < 4.78 is 0. The van der Waals surface area contributed by atoms with Gasteiger partial charge in [0.2, 0.25) is 0 Å². The normalized spacial score (nSPS) is 31.3. The lowest BCUT2D eigenvalue weighted by Gasteiger charge is -2.57. The summed E-state index contributed by atoms with van der Waals surface area (Å²) in [5.74, 6) is -0.412. The number of aldehydes is 1. The van der Waals surface area contributed by atoms with Gasteiger partial charge in [0.05, 0.1) is 0 Å². The highest BCUT2D eigenvalue weighted by Gasteiger charge is 2.65. The number of ketones is 1. The van der Waals surface area contributed by atoms with Crippen LogP contribution in [0, 0.1) is 21.4 Å². The standard InChI is InChI=1S/C10H15NO5/c1-7(13)10(16-11(14)15)6-8(4-5-12)9(10,2)3/h5,8H,4,6H2,1-3H3. The Labute approximate surface area is 93.1 Å². The van der Waals surface area contributed by atoms with E-state index in [4.69, 9.17) is 0 Å². The second kappa shape index (κ2) is 3.84. The van der Waals surface area contributed by atoms with Crippen molar-refractivity contribution in [1.82, 2.24) is 0 Å². The van der Waals surface area contributed by atoms with Gasteiger partial charge >= 0.3 is 0 Å². The fourth-order valence-electron chi connectivity index (χ4n) is 2.50. The van der Waals surface area contributed by atoms with Crippen molar-refractivity contribution >= 4 is 12.1 Å². The molecule has 0 saturated heterocycles. The second-order valence-corrected chi connectivity index (χ2v) is 4.72. The zero-order valence-electron chi connectivity index (χ0n) is 9.56. The zero-order valence-corrected chi connectivity index (χ0v) is 9.56. The van der Waals surface area contributed by atoms with Gasteiger partial charge in [-0.05, 0) is 19.3 Å². The summed E-state index contributed by atoms with van der Waals surface area (Å²) in [4.78, 5) is 37.0. The van der Waals surface area contributed by atoms with Gasteiger partial charge in [0.1, 0.15) is 6.29 Å². The molecule has 2 unspecified atom stereocenters. The van der Waals surface area contributed by atoms with Gasteiger partial charge in [-0.3, -0.25) is 9.63 Å². The molecular formula is C10H15NO5. The number of Topliss-reactive ketones (excluding diaryl/α,β-unsaturated/α-hetero) is 1. The first-order valence-electron chi connectivity index (χ1n) is 5.06. The van der Waals surface area contributed by atoms with Crippen LogP contribution in [0.3, 0.4) is 0 Å². The van der Waals surface area contributed by atoms with Gasteiger partial charge in [-0.15, -0.1) is 10.1 Å². The monoisotopic (exact) mass is 229 g/mol. The van der Waals surface area contributed by atoms with Crippen LogP contribution < -0.4 is 0 Å². The number of nitrogens with zero attached hydrogens (tertiary/aromatic N) is 1. The lowest BCUT2D eigenvalue weighted by molar-refractivity contribution is -0.786. The highest BCUT2D eigenvalue weighted by atomic mass is 17.0. The van der Waals surface area contributed by atoms with Gasteiger partial charge in [-0.2, -0.15) is 0 Å². The van der Waals surface area contributed by atoms with E-state index in [1.165, 1.54) is 6.92 Å². The first kappa shape index (κ1) is 12.6. The van der Waals surface area contributed by atoms with E-state index in [-0.39, 0.29) is 18.1 Å². The number of carbonyl (C=O) groups excluding carboxylic acids is 2. The topological polar surface area (TPSA) is 86.5 Å². The molecule has 16 heavy (non-hydrogen) atoms. The van der Waals surface area contributed by atoms with E-state index in [0.717, 1.165) is 6.29 Å². The van der Waals surface area contributed by atoms with Crippen molar-refractivity contribution in [3.05, 3.63) is 10.1 Å². The van der Waals surface area contributed by atoms with E-state index >= 15 is 0 Å². The minimum absolute atomic E-state index is 0.0474. The Bertz CT molecular complexity index is 338. The lowest BCUT2D eigenvalue weighted by Crippen LogP contribution is -2.66. The average molecular weight is 229 g/mol. The van der Waals surface area contributed by atoms with Crippen molar-refractivity contribution in [3.8, 4) is 0 Å².